The van der Waals surface area contributed by atoms with Crippen LogP contribution < -0.4 is 5.73 Å². The van der Waals surface area contributed by atoms with Crippen molar-refractivity contribution in [2.75, 3.05) is 11.8 Å². The Bertz CT molecular complexity index is 644. The van der Waals surface area contributed by atoms with Crippen LogP contribution in [0.3, 0.4) is 0 Å². The molecular formula is C20H27Cl2NO3. The second-order valence-electron chi connectivity index (χ2n) is 7.07. The monoisotopic (exact) mass is 399 g/mol. The van der Waals surface area contributed by atoms with Crippen LogP contribution in [0, 0.1) is 10.8 Å². The number of amides is 1. The van der Waals surface area contributed by atoms with Gasteiger partial charge < -0.3 is 5.73 Å². The zero-order valence-corrected chi connectivity index (χ0v) is 17.3. The van der Waals surface area contributed by atoms with Crippen LogP contribution in [0.4, 0.5) is 0 Å². The van der Waals surface area contributed by atoms with Crippen LogP contribution in [0.2, 0.25) is 0 Å². The first-order chi connectivity index (χ1) is 12.1. The summed E-state index contributed by atoms with van der Waals surface area (Å²) in [7, 11) is 0. The number of halogens is 2. The van der Waals surface area contributed by atoms with Gasteiger partial charge >= 0.3 is 0 Å². The first-order valence-electron chi connectivity index (χ1n) is 8.70. The van der Waals surface area contributed by atoms with Crippen molar-refractivity contribution in [2.24, 2.45) is 16.6 Å². The van der Waals surface area contributed by atoms with Crippen molar-refractivity contribution in [1.29, 1.82) is 0 Å². The molecule has 0 bridgehead atoms. The number of hydrogen-bond donors (Lipinski definition) is 1. The molecule has 1 aromatic carbocycles. The number of hydrogen-bond acceptors (Lipinski definition) is 3. The van der Waals surface area contributed by atoms with E-state index in [0.717, 1.165) is 5.56 Å². The van der Waals surface area contributed by atoms with Crippen LogP contribution in [0.15, 0.2) is 24.3 Å². The number of ketones is 2. The number of nitrogens with two attached hydrogens (primary N) is 1. The molecule has 0 aliphatic rings. The minimum Gasteiger partial charge on any atom is -0.366 e. The number of primary amides is 1. The summed E-state index contributed by atoms with van der Waals surface area (Å²) in [6.45, 7) is 7.52. The van der Waals surface area contributed by atoms with E-state index >= 15 is 0 Å². The molecule has 2 unspecified atom stereocenters. The lowest BCUT2D eigenvalue weighted by Gasteiger charge is -2.46. The van der Waals surface area contributed by atoms with Crippen LogP contribution in [0.5, 0.6) is 0 Å². The molecule has 1 rings (SSSR count). The smallest absolute Gasteiger partial charge is 0.248 e. The standard InChI is InChI=1S/C20H27Cl2NO3/c1-5-19(3,15(24)11-21)17(20(4,6-2)16(25)12-22)13-7-9-14(10-8-13)18(23)26/h7-10,17H,5-6,11-12H2,1-4H3,(H2,23,26). The maximum Gasteiger partial charge on any atom is 0.248 e. The van der Waals surface area contributed by atoms with Crippen LogP contribution in [-0.2, 0) is 9.59 Å². The van der Waals surface area contributed by atoms with Gasteiger partial charge in [-0.15, -0.1) is 23.2 Å². The Morgan fingerprint density at radius 3 is 1.58 bits per heavy atom. The van der Waals surface area contributed by atoms with E-state index < -0.39 is 22.7 Å². The summed E-state index contributed by atoms with van der Waals surface area (Å²) in [6.07, 6.45) is 1.04. The molecule has 2 N–H and O–H groups in total. The van der Waals surface area contributed by atoms with E-state index in [4.69, 9.17) is 28.9 Å². The summed E-state index contributed by atoms with van der Waals surface area (Å²) in [4.78, 5) is 36.9. The Kier molecular flexibility index (Phi) is 7.85. The number of carbonyl (C=O) groups is 3. The molecule has 0 aliphatic heterocycles. The fraction of sp³-hybridized carbons (Fsp3) is 0.550. The summed E-state index contributed by atoms with van der Waals surface area (Å²) in [5, 5.41) is 0. The average molecular weight is 400 g/mol. The normalized spacial score (nSPS) is 17.0. The third-order valence-corrected chi connectivity index (χ3v) is 6.27. The minimum atomic E-state index is -0.845. The maximum absolute atomic E-state index is 12.8. The molecule has 1 aromatic rings. The van der Waals surface area contributed by atoms with Gasteiger partial charge in [0.1, 0.15) is 0 Å². The molecular weight excluding hydrogens is 373 g/mol. The quantitative estimate of drug-likeness (QED) is 0.595. The molecule has 0 aromatic heterocycles. The number of rotatable bonds is 10. The van der Waals surface area contributed by atoms with E-state index in [1.54, 1.807) is 24.3 Å². The van der Waals surface area contributed by atoms with Crippen molar-refractivity contribution in [3.8, 4) is 0 Å². The Hall–Kier alpha value is -1.39. The molecule has 0 saturated carbocycles. The predicted molar refractivity (Wildman–Crippen MR) is 106 cm³/mol. The second kappa shape index (κ2) is 9.01. The Labute approximate surface area is 165 Å². The summed E-state index contributed by atoms with van der Waals surface area (Å²) in [5.74, 6) is -1.45. The van der Waals surface area contributed by atoms with Gasteiger partial charge in [0.15, 0.2) is 11.6 Å². The molecule has 0 saturated heterocycles. The molecule has 0 heterocycles. The summed E-state index contributed by atoms with van der Waals surface area (Å²) in [5.41, 5.74) is 4.80. The highest BCUT2D eigenvalue weighted by Gasteiger charge is 2.51. The fourth-order valence-electron chi connectivity index (χ4n) is 3.71. The first kappa shape index (κ1) is 22.7. The van der Waals surface area contributed by atoms with Gasteiger partial charge in [0.05, 0.1) is 11.8 Å². The van der Waals surface area contributed by atoms with Gasteiger partial charge in [0.2, 0.25) is 5.91 Å². The maximum atomic E-state index is 12.8. The van der Waals surface area contributed by atoms with Gasteiger partial charge in [-0.1, -0.05) is 39.8 Å². The number of Topliss-reactive ketones (excluding diaryl/α,β-unsaturated/α-hetero) is 2. The zero-order chi connectivity index (χ0) is 20.1. The number of alkyl halides is 2. The minimum absolute atomic E-state index is 0.118. The van der Waals surface area contributed by atoms with E-state index in [1.807, 2.05) is 27.7 Å². The van der Waals surface area contributed by atoms with Crippen LogP contribution in [0.25, 0.3) is 0 Å². The highest BCUT2D eigenvalue weighted by molar-refractivity contribution is 6.29. The van der Waals surface area contributed by atoms with E-state index in [2.05, 4.69) is 0 Å². The van der Waals surface area contributed by atoms with Crippen molar-refractivity contribution in [3.05, 3.63) is 35.4 Å². The highest BCUT2D eigenvalue weighted by Crippen LogP contribution is 2.52. The summed E-state index contributed by atoms with van der Waals surface area (Å²) < 4.78 is 0. The largest absolute Gasteiger partial charge is 0.366 e. The van der Waals surface area contributed by atoms with Gasteiger partial charge in [-0.3, -0.25) is 14.4 Å². The third-order valence-electron chi connectivity index (χ3n) is 5.79. The summed E-state index contributed by atoms with van der Waals surface area (Å²) >= 11 is 11.8. The van der Waals surface area contributed by atoms with Gasteiger partial charge in [0, 0.05) is 22.3 Å². The highest BCUT2D eigenvalue weighted by atomic mass is 35.5. The van der Waals surface area contributed by atoms with Crippen LogP contribution >= 0.6 is 23.2 Å². The van der Waals surface area contributed by atoms with Gasteiger partial charge in [-0.2, -0.15) is 0 Å². The van der Waals surface area contributed by atoms with Crippen molar-refractivity contribution < 1.29 is 14.4 Å². The van der Waals surface area contributed by atoms with E-state index in [0.29, 0.717) is 18.4 Å². The number of carbonyl (C=O) groups excluding carboxylic acids is 3. The zero-order valence-electron chi connectivity index (χ0n) is 15.8. The van der Waals surface area contributed by atoms with Crippen LogP contribution in [-0.4, -0.2) is 29.2 Å². The third kappa shape index (κ3) is 4.12. The van der Waals surface area contributed by atoms with Crippen molar-refractivity contribution in [3.63, 3.8) is 0 Å². The Morgan fingerprint density at radius 1 is 0.923 bits per heavy atom. The Morgan fingerprint density at radius 2 is 1.31 bits per heavy atom. The lowest BCUT2D eigenvalue weighted by Crippen LogP contribution is -2.47. The van der Waals surface area contributed by atoms with E-state index in [1.165, 1.54) is 0 Å². The van der Waals surface area contributed by atoms with Crippen molar-refractivity contribution in [2.45, 2.75) is 46.5 Å². The molecule has 0 fully saturated rings. The van der Waals surface area contributed by atoms with Gasteiger partial charge in [0.25, 0.3) is 0 Å². The lowest BCUT2D eigenvalue weighted by molar-refractivity contribution is -0.135. The Balaban J connectivity index is 3.68. The van der Waals surface area contributed by atoms with E-state index in [9.17, 15) is 14.4 Å². The fourth-order valence-corrected chi connectivity index (χ4v) is 4.32. The summed E-state index contributed by atoms with van der Waals surface area (Å²) in [6, 6.07) is 6.76. The molecule has 6 heteroatoms. The van der Waals surface area contributed by atoms with Crippen LogP contribution in [0.1, 0.15) is 62.4 Å². The molecule has 2 atom stereocenters. The molecule has 4 nitrogen and oxygen atoms in total. The molecule has 26 heavy (non-hydrogen) atoms. The molecule has 1 amide bonds. The van der Waals surface area contributed by atoms with Crippen molar-refractivity contribution >= 4 is 40.7 Å². The van der Waals surface area contributed by atoms with Gasteiger partial charge in [-0.25, -0.2) is 0 Å². The molecule has 0 aliphatic carbocycles. The predicted octanol–water partition coefficient (Wildman–Crippen LogP) is 4.32. The molecule has 0 radical (unpaired) electrons. The van der Waals surface area contributed by atoms with E-state index in [-0.39, 0.29) is 23.3 Å². The number of benzene rings is 1. The first-order valence-corrected chi connectivity index (χ1v) is 9.77. The lowest BCUT2D eigenvalue weighted by atomic mass is 9.56. The SMILES string of the molecule is CCC(C)(C(=O)CCl)C(c1ccc(C(N)=O)cc1)C(C)(CC)C(=O)CCl. The second-order valence-corrected chi connectivity index (χ2v) is 7.61. The van der Waals surface area contributed by atoms with Gasteiger partial charge in [-0.05, 0) is 30.5 Å². The topological polar surface area (TPSA) is 77.2 Å². The van der Waals surface area contributed by atoms with Crippen molar-refractivity contribution in [1.82, 2.24) is 0 Å². The average Bonchev–Trinajstić information content (AvgIpc) is 2.66. The molecule has 144 valence electrons. The molecule has 0 spiro atoms.